The molecule has 0 radical (unpaired) electrons. The Balaban J connectivity index is 2.24. The summed E-state index contributed by atoms with van der Waals surface area (Å²) in [5.74, 6) is 0. The molecule has 0 spiro atoms. The molecule has 2 aliphatic rings. The fraction of sp³-hybridized carbons (Fsp3) is 0.400. The van der Waals surface area contributed by atoms with Crippen LogP contribution in [0.1, 0.15) is 34.1 Å². The lowest BCUT2D eigenvalue weighted by molar-refractivity contribution is -0.0490. The normalized spacial score (nSPS) is 25.3. The molecular weight excluding hydrogens is 256 g/mol. The summed E-state index contributed by atoms with van der Waals surface area (Å²) in [7, 11) is 0. The first-order valence-corrected chi connectivity index (χ1v) is 7.82. The fourth-order valence-electron chi connectivity index (χ4n) is 3.92. The van der Waals surface area contributed by atoms with Crippen molar-refractivity contribution in [2.24, 2.45) is 5.41 Å². The monoisotopic (exact) mass is 278 g/mol. The Hall–Kier alpha value is -1.60. The lowest BCUT2D eigenvalue weighted by Crippen LogP contribution is -2.40. The van der Waals surface area contributed by atoms with E-state index in [2.05, 4.69) is 70.2 Å². The molecule has 1 nitrogen and oxygen atoms in total. The predicted molar refractivity (Wildman–Crippen MR) is 88.4 cm³/mol. The van der Waals surface area contributed by atoms with Gasteiger partial charge in [-0.15, -0.1) is 0 Å². The zero-order valence-corrected chi connectivity index (χ0v) is 13.2. The van der Waals surface area contributed by atoms with Crippen LogP contribution in [0.3, 0.4) is 0 Å². The summed E-state index contributed by atoms with van der Waals surface area (Å²) in [5, 5.41) is 5.47. The van der Waals surface area contributed by atoms with E-state index < -0.39 is 0 Å². The van der Waals surface area contributed by atoms with E-state index in [0.717, 1.165) is 6.42 Å². The second-order valence-corrected chi connectivity index (χ2v) is 7.35. The summed E-state index contributed by atoms with van der Waals surface area (Å²) in [6.07, 6.45) is 3.56. The summed E-state index contributed by atoms with van der Waals surface area (Å²) in [6.45, 7) is 9.12. The third-order valence-electron chi connectivity index (χ3n) is 5.72. The van der Waals surface area contributed by atoms with Crippen LogP contribution in [0.4, 0.5) is 0 Å². The highest BCUT2D eigenvalue weighted by Gasteiger charge is 2.52. The van der Waals surface area contributed by atoms with E-state index in [-0.39, 0.29) is 17.1 Å². The first-order valence-electron chi connectivity index (χ1n) is 7.82. The van der Waals surface area contributed by atoms with Gasteiger partial charge in [0.1, 0.15) is 0 Å². The van der Waals surface area contributed by atoms with E-state index in [1.165, 1.54) is 26.8 Å². The van der Waals surface area contributed by atoms with Crippen molar-refractivity contribution >= 4 is 22.4 Å². The topological polar surface area (TPSA) is 9.23 Å². The molecule has 0 amide bonds. The quantitative estimate of drug-likeness (QED) is 0.718. The van der Waals surface area contributed by atoms with Gasteiger partial charge in [-0.25, -0.2) is 0 Å². The van der Waals surface area contributed by atoms with Crippen LogP contribution < -0.4 is 10.4 Å². The second-order valence-electron chi connectivity index (χ2n) is 7.35. The minimum atomic E-state index is -0.126. The van der Waals surface area contributed by atoms with E-state index in [1.54, 1.807) is 0 Å². The fourth-order valence-corrected chi connectivity index (χ4v) is 3.92. The zero-order chi connectivity index (χ0) is 14.8. The van der Waals surface area contributed by atoms with Gasteiger partial charge in [0.25, 0.3) is 0 Å². The number of rotatable bonds is 0. The molecule has 4 rings (SSSR count). The molecule has 1 unspecified atom stereocenters. The first kappa shape index (κ1) is 13.1. The van der Waals surface area contributed by atoms with Gasteiger partial charge < -0.3 is 4.74 Å². The number of benzene rings is 2. The Bertz CT molecular complexity index is 855. The number of ether oxygens (including phenoxy) is 1. The smallest absolute Gasteiger partial charge is 0.0842 e. The van der Waals surface area contributed by atoms with Gasteiger partial charge in [0.05, 0.1) is 11.7 Å². The van der Waals surface area contributed by atoms with Crippen LogP contribution in [0.25, 0.3) is 22.4 Å². The van der Waals surface area contributed by atoms with Crippen molar-refractivity contribution in [2.75, 3.05) is 0 Å². The Labute approximate surface area is 125 Å². The molecule has 2 aromatic carbocycles. The Morgan fingerprint density at radius 2 is 1.76 bits per heavy atom. The predicted octanol–water partition coefficient (Wildman–Crippen LogP) is 3.38. The average molecular weight is 278 g/mol. The van der Waals surface area contributed by atoms with Crippen molar-refractivity contribution in [1.29, 1.82) is 0 Å². The van der Waals surface area contributed by atoms with Crippen molar-refractivity contribution in [3.8, 4) is 0 Å². The Morgan fingerprint density at radius 1 is 1.00 bits per heavy atom. The maximum Gasteiger partial charge on any atom is 0.0842 e. The van der Waals surface area contributed by atoms with E-state index >= 15 is 0 Å². The molecule has 1 aliphatic heterocycles. The molecule has 1 saturated heterocycles. The molecule has 0 saturated carbocycles. The van der Waals surface area contributed by atoms with E-state index in [4.69, 9.17) is 4.74 Å². The summed E-state index contributed by atoms with van der Waals surface area (Å²) in [6, 6.07) is 13.2. The van der Waals surface area contributed by atoms with Gasteiger partial charge in [-0.2, -0.15) is 0 Å². The van der Waals surface area contributed by atoms with E-state index in [1.807, 2.05) is 0 Å². The maximum absolute atomic E-state index is 6.41. The van der Waals surface area contributed by atoms with Crippen LogP contribution >= 0.6 is 0 Å². The number of hydrogen-bond donors (Lipinski definition) is 0. The molecule has 21 heavy (non-hydrogen) atoms. The highest BCUT2D eigenvalue weighted by Crippen LogP contribution is 2.51. The highest BCUT2D eigenvalue weighted by molar-refractivity contribution is 5.87. The molecule has 0 N–H and O–H groups in total. The van der Waals surface area contributed by atoms with Gasteiger partial charge in [0, 0.05) is 5.41 Å². The molecule has 2 aromatic rings. The van der Waals surface area contributed by atoms with Crippen LogP contribution in [0.2, 0.25) is 0 Å². The summed E-state index contributed by atoms with van der Waals surface area (Å²) < 4.78 is 6.41. The zero-order valence-electron chi connectivity index (χ0n) is 13.2. The van der Waals surface area contributed by atoms with Gasteiger partial charge in [-0.1, -0.05) is 56.3 Å². The number of fused-ring (bicyclic) bond motifs is 4. The van der Waals surface area contributed by atoms with Crippen LogP contribution in [0.5, 0.6) is 0 Å². The molecule has 0 bridgehead atoms. The van der Waals surface area contributed by atoms with E-state index in [9.17, 15) is 0 Å². The van der Waals surface area contributed by atoms with Gasteiger partial charge in [-0.3, -0.25) is 0 Å². The van der Waals surface area contributed by atoms with Crippen molar-refractivity contribution in [2.45, 2.75) is 45.8 Å². The summed E-state index contributed by atoms with van der Waals surface area (Å²) in [4.78, 5) is 0. The summed E-state index contributed by atoms with van der Waals surface area (Å²) >= 11 is 0. The van der Waals surface area contributed by atoms with Gasteiger partial charge >= 0.3 is 0 Å². The molecular formula is C20H22O. The SMILES string of the molecule is CC1(C)OC2CC=c3ccc4ccccc4c3=C2C1(C)C. The largest absolute Gasteiger partial charge is 0.367 e. The lowest BCUT2D eigenvalue weighted by Gasteiger charge is -2.34. The number of hydrogen-bond acceptors (Lipinski definition) is 1. The lowest BCUT2D eigenvalue weighted by atomic mass is 9.70. The van der Waals surface area contributed by atoms with Gasteiger partial charge in [0.2, 0.25) is 0 Å². The molecule has 1 heteroatoms. The average Bonchev–Trinajstić information content (AvgIpc) is 2.64. The van der Waals surface area contributed by atoms with E-state index in [0.29, 0.717) is 0 Å². The minimum Gasteiger partial charge on any atom is -0.367 e. The second kappa shape index (κ2) is 3.98. The highest BCUT2D eigenvalue weighted by atomic mass is 16.5. The maximum atomic E-state index is 6.41. The Morgan fingerprint density at radius 3 is 2.57 bits per heavy atom. The minimum absolute atomic E-state index is 0.0464. The molecule has 0 aromatic heterocycles. The van der Waals surface area contributed by atoms with Crippen LogP contribution in [0, 0.1) is 5.41 Å². The molecule has 1 atom stereocenters. The van der Waals surface area contributed by atoms with Crippen molar-refractivity contribution in [3.05, 3.63) is 46.8 Å². The van der Waals surface area contributed by atoms with Gasteiger partial charge in [-0.05, 0) is 47.1 Å². The summed E-state index contributed by atoms with van der Waals surface area (Å²) in [5.41, 5.74) is 1.41. The van der Waals surface area contributed by atoms with Crippen LogP contribution in [-0.2, 0) is 4.74 Å². The standard InChI is InChI=1S/C20H22O/c1-19(2)18-16(21-20(19,3)4)12-11-14-10-9-13-7-5-6-8-15(13)17(14)18/h5-11,16H,12H2,1-4H3. The van der Waals surface area contributed by atoms with Crippen molar-refractivity contribution in [1.82, 2.24) is 0 Å². The van der Waals surface area contributed by atoms with Crippen LogP contribution in [0.15, 0.2) is 36.4 Å². The molecule has 108 valence electrons. The van der Waals surface area contributed by atoms with Gasteiger partial charge in [0.15, 0.2) is 0 Å². The Kier molecular flexibility index (Phi) is 2.48. The molecule has 1 aliphatic carbocycles. The van der Waals surface area contributed by atoms with Crippen molar-refractivity contribution < 1.29 is 4.74 Å². The first-order chi connectivity index (χ1) is 9.92. The third-order valence-corrected chi connectivity index (χ3v) is 5.72. The molecule has 1 heterocycles. The third kappa shape index (κ3) is 1.61. The van der Waals surface area contributed by atoms with Crippen LogP contribution in [-0.4, -0.2) is 11.7 Å². The molecule has 1 fully saturated rings. The van der Waals surface area contributed by atoms with Crippen molar-refractivity contribution in [3.63, 3.8) is 0 Å².